The van der Waals surface area contributed by atoms with E-state index in [1.165, 1.54) is 6.42 Å². The van der Waals surface area contributed by atoms with E-state index in [4.69, 9.17) is 0 Å². The molecule has 7 heteroatoms. The molecular weight excluding hydrogens is 316 g/mol. The number of piperazine rings is 1. The number of amides is 1. The summed E-state index contributed by atoms with van der Waals surface area (Å²) >= 11 is 0. The van der Waals surface area contributed by atoms with Crippen molar-refractivity contribution in [2.24, 2.45) is 5.92 Å². The molecule has 0 radical (unpaired) electrons. The Labute approximate surface area is 147 Å². The van der Waals surface area contributed by atoms with Crippen LogP contribution in [0.15, 0.2) is 36.7 Å². The van der Waals surface area contributed by atoms with Crippen LogP contribution in [0.25, 0.3) is 0 Å². The molecule has 25 heavy (non-hydrogen) atoms. The minimum absolute atomic E-state index is 0.282. The highest BCUT2D eigenvalue weighted by Gasteiger charge is 2.31. The first-order valence-electron chi connectivity index (χ1n) is 8.84. The number of aromatic nitrogens is 3. The van der Waals surface area contributed by atoms with Crippen LogP contribution in [0.4, 0.5) is 17.3 Å². The van der Waals surface area contributed by atoms with Gasteiger partial charge in [-0.1, -0.05) is 6.42 Å². The Morgan fingerprint density at radius 3 is 2.36 bits per heavy atom. The molecule has 130 valence electrons. The molecule has 1 saturated heterocycles. The Balaban J connectivity index is 1.33. The number of hydrogen-bond donors (Lipinski definition) is 1. The molecule has 2 aromatic rings. The predicted octanol–water partition coefficient (Wildman–Crippen LogP) is 2.06. The number of pyridine rings is 1. The fraction of sp³-hybridized carbons (Fsp3) is 0.444. The summed E-state index contributed by atoms with van der Waals surface area (Å²) in [6, 6.07) is 7.66. The van der Waals surface area contributed by atoms with Gasteiger partial charge in [0.25, 0.3) is 0 Å². The lowest BCUT2D eigenvalue weighted by molar-refractivity contribution is -0.138. The van der Waals surface area contributed by atoms with Crippen molar-refractivity contribution in [2.45, 2.75) is 19.3 Å². The van der Waals surface area contributed by atoms with E-state index in [2.05, 4.69) is 25.4 Å². The summed E-state index contributed by atoms with van der Waals surface area (Å²) in [6.07, 6.45) is 6.79. The van der Waals surface area contributed by atoms with E-state index in [1.54, 1.807) is 12.4 Å². The summed E-state index contributed by atoms with van der Waals surface area (Å²) in [7, 11) is 0. The van der Waals surface area contributed by atoms with Gasteiger partial charge in [0.2, 0.25) is 5.91 Å². The first-order chi connectivity index (χ1) is 12.3. The van der Waals surface area contributed by atoms with E-state index < -0.39 is 0 Å². The van der Waals surface area contributed by atoms with E-state index in [1.807, 2.05) is 29.2 Å². The van der Waals surface area contributed by atoms with Gasteiger partial charge in [0.1, 0.15) is 0 Å². The highest BCUT2D eigenvalue weighted by atomic mass is 16.2. The van der Waals surface area contributed by atoms with E-state index in [9.17, 15) is 4.79 Å². The van der Waals surface area contributed by atoms with Crippen molar-refractivity contribution in [1.29, 1.82) is 0 Å². The Hall–Kier alpha value is -2.70. The molecule has 4 rings (SSSR count). The maximum Gasteiger partial charge on any atom is 0.225 e. The molecule has 2 fully saturated rings. The summed E-state index contributed by atoms with van der Waals surface area (Å²) in [5.41, 5.74) is 0.931. The standard InChI is InChI=1S/C18H22N6O/c25-18(14-2-1-3-14)24-12-10-23(11-13-24)17-5-4-16(21-22-17)20-15-6-8-19-9-7-15/h4-9,14H,1-3,10-13H2,(H,19,20,21). The lowest BCUT2D eigenvalue weighted by atomic mass is 9.84. The summed E-state index contributed by atoms with van der Waals surface area (Å²) in [5, 5.41) is 11.8. The van der Waals surface area contributed by atoms with Crippen molar-refractivity contribution in [2.75, 3.05) is 36.4 Å². The van der Waals surface area contributed by atoms with Crippen LogP contribution in [0, 0.1) is 5.92 Å². The Morgan fingerprint density at radius 1 is 1.00 bits per heavy atom. The van der Waals surface area contributed by atoms with Gasteiger partial charge in [-0.2, -0.15) is 0 Å². The topological polar surface area (TPSA) is 74.2 Å². The zero-order valence-corrected chi connectivity index (χ0v) is 14.1. The number of carbonyl (C=O) groups excluding carboxylic acids is 1. The van der Waals surface area contributed by atoms with Crippen LogP contribution < -0.4 is 10.2 Å². The van der Waals surface area contributed by atoms with Crippen molar-refractivity contribution in [1.82, 2.24) is 20.1 Å². The maximum atomic E-state index is 12.3. The Morgan fingerprint density at radius 2 is 1.76 bits per heavy atom. The van der Waals surface area contributed by atoms with Crippen LogP contribution in [0.1, 0.15) is 19.3 Å². The molecule has 1 aliphatic carbocycles. The van der Waals surface area contributed by atoms with Gasteiger partial charge in [0.15, 0.2) is 11.6 Å². The molecule has 7 nitrogen and oxygen atoms in total. The van der Waals surface area contributed by atoms with Gasteiger partial charge in [0, 0.05) is 50.2 Å². The number of hydrogen-bond acceptors (Lipinski definition) is 6. The van der Waals surface area contributed by atoms with Gasteiger partial charge < -0.3 is 15.1 Å². The van der Waals surface area contributed by atoms with E-state index in [0.717, 1.165) is 50.5 Å². The van der Waals surface area contributed by atoms with Crippen LogP contribution >= 0.6 is 0 Å². The molecule has 0 bridgehead atoms. The van der Waals surface area contributed by atoms with Gasteiger partial charge in [-0.25, -0.2) is 0 Å². The molecule has 2 aromatic heterocycles. The molecule has 0 unspecified atom stereocenters. The molecule has 1 amide bonds. The van der Waals surface area contributed by atoms with Crippen molar-refractivity contribution in [3.63, 3.8) is 0 Å². The summed E-state index contributed by atoms with van der Waals surface area (Å²) in [5.74, 6) is 2.18. The highest BCUT2D eigenvalue weighted by molar-refractivity contribution is 5.79. The molecule has 0 aromatic carbocycles. The Bertz CT molecular complexity index is 708. The molecule has 0 spiro atoms. The molecule has 1 saturated carbocycles. The highest BCUT2D eigenvalue weighted by Crippen LogP contribution is 2.28. The van der Waals surface area contributed by atoms with Gasteiger partial charge >= 0.3 is 0 Å². The second-order valence-corrected chi connectivity index (χ2v) is 6.58. The molecule has 1 aliphatic heterocycles. The SMILES string of the molecule is O=C(C1CCC1)N1CCN(c2ccc(Nc3ccncc3)nn2)CC1. The van der Waals surface area contributed by atoms with Crippen molar-refractivity contribution < 1.29 is 4.79 Å². The lowest BCUT2D eigenvalue weighted by Crippen LogP contribution is -2.51. The van der Waals surface area contributed by atoms with Crippen LogP contribution in [0.2, 0.25) is 0 Å². The number of anilines is 3. The average molecular weight is 338 g/mol. The molecule has 0 atom stereocenters. The number of nitrogens with zero attached hydrogens (tertiary/aromatic N) is 5. The largest absolute Gasteiger partial charge is 0.352 e. The molecular formula is C18H22N6O. The predicted molar refractivity (Wildman–Crippen MR) is 95.7 cm³/mol. The molecule has 1 N–H and O–H groups in total. The van der Waals surface area contributed by atoms with E-state index in [0.29, 0.717) is 11.7 Å². The molecule has 3 heterocycles. The van der Waals surface area contributed by atoms with Gasteiger partial charge in [-0.15, -0.1) is 10.2 Å². The first kappa shape index (κ1) is 15.8. The van der Waals surface area contributed by atoms with Crippen molar-refractivity contribution in [3.8, 4) is 0 Å². The number of carbonyl (C=O) groups is 1. The number of nitrogens with one attached hydrogen (secondary N) is 1. The van der Waals surface area contributed by atoms with E-state index in [-0.39, 0.29) is 5.92 Å². The summed E-state index contributed by atoms with van der Waals surface area (Å²) in [4.78, 5) is 20.5. The zero-order valence-electron chi connectivity index (χ0n) is 14.1. The minimum Gasteiger partial charge on any atom is -0.352 e. The Kier molecular flexibility index (Phi) is 4.45. The maximum absolute atomic E-state index is 12.3. The third-order valence-electron chi connectivity index (χ3n) is 4.97. The van der Waals surface area contributed by atoms with Crippen LogP contribution in [-0.2, 0) is 4.79 Å². The summed E-state index contributed by atoms with van der Waals surface area (Å²) < 4.78 is 0. The monoisotopic (exact) mass is 338 g/mol. The lowest BCUT2D eigenvalue weighted by Gasteiger charge is -2.38. The normalized spacial score (nSPS) is 17.9. The van der Waals surface area contributed by atoms with Crippen LogP contribution in [-0.4, -0.2) is 52.2 Å². The summed E-state index contributed by atoms with van der Waals surface area (Å²) in [6.45, 7) is 3.16. The minimum atomic E-state index is 0.282. The van der Waals surface area contributed by atoms with Crippen LogP contribution in [0.5, 0.6) is 0 Å². The zero-order chi connectivity index (χ0) is 17.1. The van der Waals surface area contributed by atoms with Gasteiger partial charge in [-0.05, 0) is 37.1 Å². The fourth-order valence-corrected chi connectivity index (χ4v) is 3.21. The van der Waals surface area contributed by atoms with Gasteiger partial charge in [0.05, 0.1) is 0 Å². The third-order valence-corrected chi connectivity index (χ3v) is 4.97. The first-order valence-corrected chi connectivity index (χ1v) is 8.84. The van der Waals surface area contributed by atoms with Crippen molar-refractivity contribution >= 4 is 23.2 Å². The molecule has 2 aliphatic rings. The average Bonchev–Trinajstić information content (AvgIpc) is 2.62. The smallest absolute Gasteiger partial charge is 0.225 e. The van der Waals surface area contributed by atoms with E-state index >= 15 is 0 Å². The fourth-order valence-electron chi connectivity index (χ4n) is 3.21. The second kappa shape index (κ2) is 7.04. The number of rotatable bonds is 4. The van der Waals surface area contributed by atoms with Gasteiger partial charge in [-0.3, -0.25) is 9.78 Å². The quantitative estimate of drug-likeness (QED) is 0.920. The third kappa shape index (κ3) is 3.55. The second-order valence-electron chi connectivity index (χ2n) is 6.58. The van der Waals surface area contributed by atoms with Crippen LogP contribution in [0.3, 0.4) is 0 Å². The van der Waals surface area contributed by atoms with Crippen molar-refractivity contribution in [3.05, 3.63) is 36.7 Å².